The van der Waals surface area contributed by atoms with Crippen molar-refractivity contribution in [2.45, 2.75) is 4.90 Å². The number of carbonyl (C=O) groups is 1. The Hall–Kier alpha value is -1.72. The summed E-state index contributed by atoms with van der Waals surface area (Å²) in [5.41, 5.74) is -0.585. The van der Waals surface area contributed by atoms with E-state index in [1.807, 2.05) is 0 Å². The number of halogens is 3. The van der Waals surface area contributed by atoms with Crippen LogP contribution in [0.25, 0.3) is 0 Å². The zero-order valence-electron chi connectivity index (χ0n) is 14.3. The minimum Gasteiger partial charge on any atom is -0.505 e. The molecule has 2 aromatic carbocycles. The minimum absolute atomic E-state index is 0.00360. The molecule has 0 spiro atoms. The first-order valence-electron chi connectivity index (χ1n) is 7.57. The Labute approximate surface area is 179 Å². The van der Waals surface area contributed by atoms with E-state index in [4.69, 9.17) is 27.9 Å². The lowest BCUT2D eigenvalue weighted by molar-refractivity contribution is 0.0934. The van der Waals surface area contributed by atoms with Crippen molar-refractivity contribution in [2.24, 2.45) is 0 Å². The number of aromatic hydroxyl groups is 2. The summed E-state index contributed by atoms with van der Waals surface area (Å²) in [6, 6.07) is 4.75. The molecule has 2 rings (SSSR count). The van der Waals surface area contributed by atoms with Crippen molar-refractivity contribution in [3.05, 3.63) is 44.3 Å². The Kier molecular flexibility index (Phi) is 7.40. The van der Waals surface area contributed by atoms with E-state index >= 15 is 0 Å². The highest BCUT2D eigenvalue weighted by Gasteiger charge is 2.25. The summed E-state index contributed by atoms with van der Waals surface area (Å²) >= 11 is 14.9. The molecule has 28 heavy (non-hydrogen) atoms. The summed E-state index contributed by atoms with van der Waals surface area (Å²) < 4.78 is 32.5. The third kappa shape index (κ3) is 5.21. The number of benzene rings is 2. The Morgan fingerprint density at radius 3 is 2.50 bits per heavy atom. The molecule has 12 heteroatoms. The highest BCUT2D eigenvalue weighted by Crippen LogP contribution is 2.37. The fourth-order valence-corrected chi connectivity index (χ4v) is 4.60. The molecule has 0 aliphatic carbocycles. The number of phenolic OH excluding ortho intramolecular Hbond substituents is 2. The van der Waals surface area contributed by atoms with Gasteiger partial charge in [-0.3, -0.25) is 9.52 Å². The van der Waals surface area contributed by atoms with Gasteiger partial charge in [0.2, 0.25) is 0 Å². The van der Waals surface area contributed by atoms with Crippen LogP contribution in [0.1, 0.15) is 10.4 Å². The summed E-state index contributed by atoms with van der Waals surface area (Å²) in [5.74, 6) is -1.98. The average molecular weight is 514 g/mol. The van der Waals surface area contributed by atoms with E-state index in [1.54, 1.807) is 0 Å². The van der Waals surface area contributed by atoms with Crippen molar-refractivity contribution in [3.63, 3.8) is 0 Å². The number of rotatable bonds is 7. The van der Waals surface area contributed by atoms with Crippen LogP contribution < -0.4 is 10.0 Å². The quantitative estimate of drug-likeness (QED) is 0.332. The molecular weight excluding hydrogens is 499 g/mol. The average Bonchev–Trinajstić information content (AvgIpc) is 2.60. The number of phenols is 2. The van der Waals surface area contributed by atoms with Crippen LogP contribution in [0.5, 0.6) is 11.5 Å². The Morgan fingerprint density at radius 2 is 1.86 bits per heavy atom. The van der Waals surface area contributed by atoms with Gasteiger partial charge in [0.15, 0.2) is 11.5 Å². The topological polar surface area (TPSA) is 125 Å². The molecule has 0 bridgehead atoms. The van der Waals surface area contributed by atoms with Crippen LogP contribution in [0.15, 0.2) is 33.6 Å². The van der Waals surface area contributed by atoms with Crippen LogP contribution in [-0.4, -0.2) is 44.8 Å². The molecule has 4 N–H and O–H groups in total. The number of hydrogen-bond acceptors (Lipinski definition) is 6. The molecule has 152 valence electrons. The van der Waals surface area contributed by atoms with E-state index in [0.29, 0.717) is 4.47 Å². The molecule has 8 nitrogen and oxygen atoms in total. The molecule has 0 aromatic heterocycles. The van der Waals surface area contributed by atoms with Gasteiger partial charge in [0, 0.05) is 23.1 Å². The lowest BCUT2D eigenvalue weighted by atomic mass is 10.1. The van der Waals surface area contributed by atoms with Gasteiger partial charge in [-0.05, 0) is 24.3 Å². The first kappa shape index (κ1) is 22.6. The zero-order valence-corrected chi connectivity index (χ0v) is 18.2. The largest absolute Gasteiger partial charge is 0.505 e. The number of nitrogens with one attached hydrogen (secondary N) is 2. The monoisotopic (exact) mass is 512 g/mol. The highest BCUT2D eigenvalue weighted by atomic mass is 79.9. The normalized spacial score (nSPS) is 11.3. The predicted octanol–water partition coefficient (Wildman–Crippen LogP) is 3.34. The highest BCUT2D eigenvalue weighted by molar-refractivity contribution is 9.10. The second-order valence-corrected chi connectivity index (χ2v) is 8.85. The maximum absolute atomic E-state index is 12.7. The number of anilines is 1. The second kappa shape index (κ2) is 9.19. The fraction of sp³-hybridized carbons (Fsp3) is 0.188. The van der Waals surface area contributed by atoms with E-state index in [1.165, 1.54) is 19.2 Å². The molecule has 0 aliphatic heterocycles. The summed E-state index contributed by atoms with van der Waals surface area (Å²) in [4.78, 5) is 11.7. The van der Waals surface area contributed by atoms with Crippen molar-refractivity contribution < 1.29 is 28.2 Å². The standard InChI is InChI=1S/C16H15BrCl2N2O6S/c1-27-3-2-20-16(24)10-6-9(18)7-12(14(10)22)21-28(25,26)13-5-8(17)4-11(19)15(13)23/h4-7,21-23H,2-3H2,1H3,(H,20,24). The number of amides is 1. The van der Waals surface area contributed by atoms with E-state index in [2.05, 4.69) is 26.0 Å². The Balaban J connectivity index is 2.42. The van der Waals surface area contributed by atoms with E-state index in [9.17, 15) is 23.4 Å². The molecule has 0 heterocycles. The second-order valence-electron chi connectivity index (χ2n) is 5.44. The maximum atomic E-state index is 12.7. The number of sulfonamides is 1. The fourth-order valence-electron chi connectivity index (χ4n) is 2.16. The molecule has 1 amide bonds. The van der Waals surface area contributed by atoms with Crippen LogP contribution in [0.4, 0.5) is 5.69 Å². The Bertz CT molecular complexity index is 1020. The molecule has 0 saturated heterocycles. The van der Waals surface area contributed by atoms with Crippen molar-refractivity contribution in [3.8, 4) is 11.5 Å². The molecule has 2 aromatic rings. The molecule has 0 atom stereocenters. The number of carbonyl (C=O) groups excluding carboxylic acids is 1. The summed E-state index contributed by atoms with van der Waals surface area (Å²) in [7, 11) is -2.92. The zero-order chi connectivity index (χ0) is 21.1. The van der Waals surface area contributed by atoms with Gasteiger partial charge in [0.25, 0.3) is 15.9 Å². The lowest BCUT2D eigenvalue weighted by Gasteiger charge is -2.14. The van der Waals surface area contributed by atoms with Gasteiger partial charge in [0.1, 0.15) is 4.90 Å². The van der Waals surface area contributed by atoms with Crippen molar-refractivity contribution >= 4 is 60.7 Å². The van der Waals surface area contributed by atoms with Gasteiger partial charge in [-0.15, -0.1) is 0 Å². The van der Waals surface area contributed by atoms with Gasteiger partial charge in [-0.25, -0.2) is 8.42 Å². The van der Waals surface area contributed by atoms with E-state index in [-0.39, 0.29) is 34.4 Å². The van der Waals surface area contributed by atoms with Crippen LogP contribution >= 0.6 is 39.1 Å². The summed E-state index contributed by atoms with van der Waals surface area (Å²) in [5, 5.41) is 22.6. The van der Waals surface area contributed by atoms with Gasteiger partial charge in [0.05, 0.1) is 22.9 Å². The summed E-state index contributed by atoms with van der Waals surface area (Å²) in [6.07, 6.45) is 0. The van der Waals surface area contributed by atoms with Gasteiger partial charge in [-0.1, -0.05) is 39.1 Å². The van der Waals surface area contributed by atoms with Crippen LogP contribution in [0, 0.1) is 0 Å². The van der Waals surface area contributed by atoms with E-state index < -0.39 is 32.3 Å². The molecule has 0 saturated carbocycles. The molecule has 0 aliphatic rings. The third-order valence-corrected chi connectivity index (χ3v) is 5.78. The smallest absolute Gasteiger partial charge is 0.265 e. The predicted molar refractivity (Wildman–Crippen MR) is 109 cm³/mol. The minimum atomic E-state index is -4.38. The first-order chi connectivity index (χ1) is 13.1. The maximum Gasteiger partial charge on any atom is 0.265 e. The molecule has 0 fully saturated rings. The van der Waals surface area contributed by atoms with Gasteiger partial charge < -0.3 is 20.3 Å². The lowest BCUT2D eigenvalue weighted by Crippen LogP contribution is -2.27. The van der Waals surface area contributed by atoms with Gasteiger partial charge >= 0.3 is 0 Å². The van der Waals surface area contributed by atoms with Crippen molar-refractivity contribution in [1.82, 2.24) is 5.32 Å². The first-order valence-corrected chi connectivity index (χ1v) is 10.6. The number of ether oxygens (including phenoxy) is 1. The molecular formula is C16H15BrCl2N2O6S. The summed E-state index contributed by atoms with van der Waals surface area (Å²) in [6.45, 7) is 0.419. The van der Waals surface area contributed by atoms with Gasteiger partial charge in [-0.2, -0.15) is 0 Å². The molecule has 0 radical (unpaired) electrons. The SMILES string of the molecule is COCCNC(=O)c1cc(Cl)cc(NS(=O)(=O)c2cc(Br)cc(Cl)c2O)c1O. The van der Waals surface area contributed by atoms with Crippen LogP contribution in [0.2, 0.25) is 10.0 Å². The van der Waals surface area contributed by atoms with E-state index in [0.717, 1.165) is 12.1 Å². The Morgan fingerprint density at radius 1 is 1.18 bits per heavy atom. The third-order valence-electron chi connectivity index (χ3n) is 3.44. The number of hydrogen-bond donors (Lipinski definition) is 4. The molecule has 0 unspecified atom stereocenters. The van der Waals surface area contributed by atoms with Crippen LogP contribution in [0.3, 0.4) is 0 Å². The van der Waals surface area contributed by atoms with Crippen LogP contribution in [-0.2, 0) is 14.8 Å². The van der Waals surface area contributed by atoms with Crippen molar-refractivity contribution in [1.29, 1.82) is 0 Å². The van der Waals surface area contributed by atoms with Crippen molar-refractivity contribution in [2.75, 3.05) is 25.0 Å². The number of methoxy groups -OCH3 is 1.